The Morgan fingerprint density at radius 3 is 2.44 bits per heavy atom. The third kappa shape index (κ3) is 2.52. The molecule has 128 valence electrons. The maximum atomic E-state index is 4.75. The van der Waals surface area contributed by atoms with Crippen LogP contribution in [0.3, 0.4) is 0 Å². The van der Waals surface area contributed by atoms with Crippen LogP contribution in [0.15, 0.2) is 36.7 Å². The summed E-state index contributed by atoms with van der Waals surface area (Å²) in [5, 5.41) is 4.47. The molecule has 3 aromatic rings. The summed E-state index contributed by atoms with van der Waals surface area (Å²) in [6.45, 7) is 4.05. The number of rotatable bonds is 2. The summed E-state index contributed by atoms with van der Waals surface area (Å²) < 4.78 is 1.95. The van der Waals surface area contributed by atoms with Crippen LogP contribution in [0.2, 0.25) is 0 Å². The van der Waals surface area contributed by atoms with Gasteiger partial charge >= 0.3 is 0 Å². The number of anilines is 2. The van der Waals surface area contributed by atoms with Gasteiger partial charge < -0.3 is 9.80 Å². The number of aryl methyl sites for hydroxylation is 1. The molecular weight excluding hydrogens is 312 g/mol. The van der Waals surface area contributed by atoms with Gasteiger partial charge in [0.05, 0.1) is 5.69 Å². The lowest BCUT2D eigenvalue weighted by atomic mass is 9.96. The smallest absolute Gasteiger partial charge is 0.254 e. The van der Waals surface area contributed by atoms with Crippen LogP contribution in [-0.2, 0) is 12.8 Å². The number of aromatic nitrogens is 4. The fourth-order valence-electron chi connectivity index (χ4n) is 4.10. The largest absolute Gasteiger partial charge is 0.368 e. The molecule has 0 amide bonds. The normalized spacial score (nSPS) is 17.8. The van der Waals surface area contributed by atoms with E-state index in [0.717, 1.165) is 44.8 Å². The predicted octanol–water partition coefficient (Wildman–Crippen LogP) is 2.33. The fraction of sp³-hybridized carbons (Fsp3) is 0.421. The third-order valence-electron chi connectivity index (χ3n) is 5.37. The van der Waals surface area contributed by atoms with Gasteiger partial charge in [0.15, 0.2) is 0 Å². The molecule has 6 nitrogen and oxygen atoms in total. The Bertz CT molecular complexity index is 880. The summed E-state index contributed by atoms with van der Waals surface area (Å²) >= 11 is 0. The van der Waals surface area contributed by atoms with Crippen molar-refractivity contribution in [1.29, 1.82) is 0 Å². The minimum Gasteiger partial charge on any atom is -0.368 e. The van der Waals surface area contributed by atoms with Crippen molar-refractivity contribution in [3.8, 4) is 0 Å². The van der Waals surface area contributed by atoms with Crippen molar-refractivity contribution in [2.75, 3.05) is 36.0 Å². The van der Waals surface area contributed by atoms with Crippen molar-refractivity contribution in [1.82, 2.24) is 19.6 Å². The first kappa shape index (κ1) is 14.7. The summed E-state index contributed by atoms with van der Waals surface area (Å²) in [5.74, 6) is 1.96. The molecule has 1 aliphatic heterocycles. The second kappa shape index (κ2) is 6.02. The minimum absolute atomic E-state index is 0.737. The van der Waals surface area contributed by atoms with E-state index in [1.807, 2.05) is 4.52 Å². The van der Waals surface area contributed by atoms with Gasteiger partial charge in [-0.2, -0.15) is 14.6 Å². The van der Waals surface area contributed by atoms with Gasteiger partial charge in [0, 0.05) is 37.4 Å². The highest BCUT2D eigenvalue weighted by molar-refractivity contribution is 5.57. The lowest BCUT2D eigenvalue weighted by Crippen LogP contribution is -2.47. The van der Waals surface area contributed by atoms with Crippen molar-refractivity contribution in [3.63, 3.8) is 0 Å². The van der Waals surface area contributed by atoms with Gasteiger partial charge in [-0.15, -0.1) is 0 Å². The molecular formula is C19H22N6. The molecule has 0 spiro atoms. The van der Waals surface area contributed by atoms with E-state index in [2.05, 4.69) is 50.2 Å². The summed E-state index contributed by atoms with van der Waals surface area (Å²) in [6, 6.07) is 10.7. The summed E-state index contributed by atoms with van der Waals surface area (Å²) in [7, 11) is 0. The Labute approximate surface area is 147 Å². The predicted molar refractivity (Wildman–Crippen MR) is 98.3 cm³/mol. The van der Waals surface area contributed by atoms with Crippen molar-refractivity contribution in [3.05, 3.63) is 47.9 Å². The van der Waals surface area contributed by atoms with Crippen LogP contribution in [0.5, 0.6) is 0 Å². The summed E-state index contributed by atoms with van der Waals surface area (Å²) in [6.07, 6.45) is 6.26. The van der Waals surface area contributed by atoms with E-state index in [1.54, 1.807) is 6.33 Å². The first-order chi connectivity index (χ1) is 12.4. The molecule has 0 radical (unpaired) electrons. The van der Waals surface area contributed by atoms with E-state index in [-0.39, 0.29) is 0 Å². The molecule has 3 heterocycles. The molecule has 5 rings (SSSR count). The highest BCUT2D eigenvalue weighted by Crippen LogP contribution is 2.30. The average Bonchev–Trinajstić information content (AvgIpc) is 3.15. The molecule has 0 saturated carbocycles. The first-order valence-electron chi connectivity index (χ1n) is 9.16. The van der Waals surface area contributed by atoms with Crippen molar-refractivity contribution in [2.45, 2.75) is 25.7 Å². The zero-order valence-electron chi connectivity index (χ0n) is 14.3. The molecule has 0 bridgehead atoms. The Hall–Kier alpha value is -2.63. The molecule has 1 fully saturated rings. The van der Waals surface area contributed by atoms with Crippen LogP contribution in [0.1, 0.15) is 24.1 Å². The van der Waals surface area contributed by atoms with E-state index in [9.17, 15) is 0 Å². The van der Waals surface area contributed by atoms with Gasteiger partial charge in [-0.05, 0) is 37.8 Å². The van der Waals surface area contributed by atoms with Crippen molar-refractivity contribution < 1.29 is 0 Å². The Kier molecular flexibility index (Phi) is 3.54. The molecule has 2 aliphatic rings. The van der Waals surface area contributed by atoms with Crippen LogP contribution in [0.4, 0.5) is 11.5 Å². The van der Waals surface area contributed by atoms with Gasteiger partial charge in [-0.3, -0.25) is 0 Å². The maximum Gasteiger partial charge on any atom is 0.254 e. The Balaban J connectivity index is 1.47. The number of fused-ring (bicyclic) bond motifs is 2. The number of benzene rings is 1. The highest BCUT2D eigenvalue weighted by atomic mass is 15.4. The molecule has 2 aromatic heterocycles. The molecule has 25 heavy (non-hydrogen) atoms. The standard InChI is InChI=1S/C19H22N6/c1-2-6-15(7-3-1)23-10-12-24(13-11-23)18-16-8-4-5-9-17(16)22-19-20-14-21-25(18)19/h1-3,6-7,14H,4-5,8-13H2. The third-order valence-corrected chi connectivity index (χ3v) is 5.37. The molecule has 1 aromatic carbocycles. The van der Waals surface area contributed by atoms with E-state index in [4.69, 9.17) is 4.98 Å². The Morgan fingerprint density at radius 1 is 0.840 bits per heavy atom. The topological polar surface area (TPSA) is 49.6 Å². The van der Waals surface area contributed by atoms with Crippen LogP contribution < -0.4 is 9.80 Å². The SMILES string of the molecule is c1ccc(N2CCN(c3c4c(nc5ncnn35)CCCC4)CC2)cc1. The number of para-hydroxylation sites is 1. The van der Waals surface area contributed by atoms with Gasteiger partial charge in [0.1, 0.15) is 12.1 Å². The lowest BCUT2D eigenvalue weighted by molar-refractivity contribution is 0.615. The second-order valence-corrected chi connectivity index (χ2v) is 6.85. The monoisotopic (exact) mass is 334 g/mol. The van der Waals surface area contributed by atoms with Gasteiger partial charge in [0.2, 0.25) is 0 Å². The fourth-order valence-corrected chi connectivity index (χ4v) is 4.10. The highest BCUT2D eigenvalue weighted by Gasteiger charge is 2.26. The Morgan fingerprint density at radius 2 is 1.60 bits per heavy atom. The zero-order chi connectivity index (χ0) is 16.6. The second-order valence-electron chi connectivity index (χ2n) is 6.85. The summed E-state index contributed by atoms with van der Waals surface area (Å²) in [5.41, 5.74) is 3.93. The molecule has 0 unspecified atom stereocenters. The van der Waals surface area contributed by atoms with Gasteiger partial charge in [0.25, 0.3) is 5.78 Å². The minimum atomic E-state index is 0.737. The van der Waals surface area contributed by atoms with Crippen LogP contribution in [-0.4, -0.2) is 45.8 Å². The number of piperazine rings is 1. The lowest BCUT2D eigenvalue weighted by Gasteiger charge is -2.38. The summed E-state index contributed by atoms with van der Waals surface area (Å²) in [4.78, 5) is 14.0. The molecule has 1 aliphatic carbocycles. The molecule has 6 heteroatoms. The molecule has 0 N–H and O–H groups in total. The number of hydrogen-bond acceptors (Lipinski definition) is 5. The van der Waals surface area contributed by atoms with Gasteiger partial charge in [-0.25, -0.2) is 4.98 Å². The van der Waals surface area contributed by atoms with Crippen LogP contribution in [0.25, 0.3) is 5.78 Å². The first-order valence-corrected chi connectivity index (χ1v) is 9.16. The number of hydrogen-bond donors (Lipinski definition) is 0. The molecule has 1 saturated heterocycles. The van der Waals surface area contributed by atoms with Crippen LogP contribution in [0, 0.1) is 0 Å². The average molecular weight is 334 g/mol. The quantitative estimate of drug-likeness (QED) is 0.720. The van der Waals surface area contributed by atoms with E-state index >= 15 is 0 Å². The zero-order valence-corrected chi connectivity index (χ0v) is 14.3. The van der Waals surface area contributed by atoms with Crippen LogP contribution >= 0.6 is 0 Å². The van der Waals surface area contributed by atoms with E-state index < -0.39 is 0 Å². The van der Waals surface area contributed by atoms with E-state index in [1.165, 1.54) is 35.6 Å². The van der Waals surface area contributed by atoms with E-state index in [0.29, 0.717) is 0 Å². The van der Waals surface area contributed by atoms with Gasteiger partial charge in [-0.1, -0.05) is 18.2 Å². The maximum absolute atomic E-state index is 4.75. The van der Waals surface area contributed by atoms with Crippen molar-refractivity contribution in [2.24, 2.45) is 0 Å². The number of nitrogens with zero attached hydrogens (tertiary/aromatic N) is 6. The van der Waals surface area contributed by atoms with Crippen molar-refractivity contribution >= 4 is 17.3 Å². The molecule has 0 atom stereocenters.